The summed E-state index contributed by atoms with van der Waals surface area (Å²) in [5.74, 6) is -6.97. The zero-order chi connectivity index (χ0) is 48.0. The number of methoxy groups -OCH3 is 1. The first kappa shape index (κ1) is 48.4. The van der Waals surface area contributed by atoms with Crippen molar-refractivity contribution in [1.29, 1.82) is 0 Å². The maximum atomic E-state index is 14.8. The summed E-state index contributed by atoms with van der Waals surface area (Å²) in [7, 11) is 7.10. The van der Waals surface area contributed by atoms with E-state index < -0.39 is 88.1 Å². The van der Waals surface area contributed by atoms with E-state index in [9.17, 15) is 39.6 Å². The lowest BCUT2D eigenvalue weighted by atomic mass is 9.78. The Balaban J connectivity index is 1.64. The number of allylic oxidation sites excluding steroid dienone is 2. The number of aromatic hydroxyl groups is 1. The first-order valence-electron chi connectivity index (χ1n) is 21.5. The number of hydrogen-bond acceptors (Lipinski definition) is 16. The number of anilines is 2. The maximum absolute atomic E-state index is 14.8. The molecule has 350 valence electrons. The number of ether oxygens (including phenoxy) is 4. The molecule has 9 atom stereocenters. The molecule has 6 rings (SSSR count). The Morgan fingerprint density at radius 1 is 0.938 bits per heavy atom. The fourth-order valence-corrected chi connectivity index (χ4v) is 8.58. The summed E-state index contributed by atoms with van der Waals surface area (Å²) in [4.78, 5) is 63.6. The lowest BCUT2D eigenvalue weighted by Crippen LogP contribution is -2.46. The number of likely N-dealkylation sites (N-methyl/N-ethyl adjacent to an activating group) is 2. The van der Waals surface area contributed by atoms with Gasteiger partial charge in [0.1, 0.15) is 28.8 Å². The Morgan fingerprint density at radius 3 is 2.28 bits per heavy atom. The fraction of sp³-hybridized carbons (Fsp3) is 0.479. The smallest absolute Gasteiger partial charge is 0.307 e. The van der Waals surface area contributed by atoms with Crippen LogP contribution >= 0.6 is 0 Å². The minimum absolute atomic E-state index is 0.00389. The van der Waals surface area contributed by atoms with Crippen molar-refractivity contribution >= 4 is 62.0 Å². The largest absolute Gasteiger partial charge is 0.507 e. The first-order valence-corrected chi connectivity index (χ1v) is 21.5. The van der Waals surface area contributed by atoms with E-state index >= 15 is 0 Å². The second-order valence-electron chi connectivity index (χ2n) is 17.8. The molecule has 0 spiro atoms. The molecule has 1 aromatic heterocycles. The number of aromatic nitrogens is 1. The van der Waals surface area contributed by atoms with Crippen molar-refractivity contribution in [1.82, 2.24) is 9.88 Å². The topological polar surface area (TPSA) is 231 Å². The van der Waals surface area contributed by atoms with Crippen molar-refractivity contribution in [3.05, 3.63) is 79.5 Å². The minimum Gasteiger partial charge on any atom is -0.507 e. The molecule has 17 nitrogen and oxygen atoms in total. The number of hydrogen-bond donors (Lipinski definition) is 5. The number of carbonyl (C=O) groups excluding carboxylic acids is 2. The zero-order valence-corrected chi connectivity index (χ0v) is 38.9. The van der Waals surface area contributed by atoms with E-state index in [0.717, 1.165) is 0 Å². The number of benzene rings is 3. The van der Waals surface area contributed by atoms with Crippen LogP contribution in [0.3, 0.4) is 0 Å². The highest BCUT2D eigenvalue weighted by Crippen LogP contribution is 2.42. The van der Waals surface area contributed by atoms with E-state index in [-0.39, 0.29) is 60.8 Å². The van der Waals surface area contributed by atoms with Crippen LogP contribution in [0, 0.1) is 30.6 Å². The van der Waals surface area contributed by atoms with Crippen molar-refractivity contribution in [2.24, 2.45) is 23.7 Å². The monoisotopic (exact) mass is 900 g/mol. The van der Waals surface area contributed by atoms with E-state index in [4.69, 9.17) is 28.3 Å². The van der Waals surface area contributed by atoms with Gasteiger partial charge in [-0.25, -0.2) is 4.98 Å². The van der Waals surface area contributed by atoms with Gasteiger partial charge in [0.2, 0.25) is 10.9 Å². The molecule has 4 bridgehead atoms. The Morgan fingerprint density at radius 2 is 1.63 bits per heavy atom. The predicted molar refractivity (Wildman–Crippen MR) is 247 cm³/mol. The summed E-state index contributed by atoms with van der Waals surface area (Å²) in [6.07, 6.45) is 3.52. The standard InChI is InChI=1S/C48H60N4O13/c1-22-14-13-15-23(2)47(60)50-38-42(58)34-33(37-45(38)64-32-21-29(20-30(54)36(32)49-37)52(11)18-17-51(9)10)35-44(27(6)41(34)57)65-48(8,46(35)59)62-19-16-31(61-12)24(3)43(63-28(7)53)26(5)40(56)25(4)39(22)55/h13-16,19-22,24-26,31,39-40,43,55-57,59H,17-18H2,1-12H3,(H,50,60)/b14-13+,19-16-,23-15+/t22-,24+,25+,26+,31-,39-,40+,43+,48-/m0/s1. The third kappa shape index (κ3) is 9.15. The molecule has 0 saturated heterocycles. The SMILES string of the molecule is CO[C@H]1/C=C\O[C@@]2(C)Oc3c(C)c(O)c4c(=O)c(c5oc6cc(N(C)CCN(C)C)cc(=O)c6nc5c4c3=C2O)NC(=O)/C(C)=C/C=C/[C@H](C)[C@H](O)[C@@H](C)[C@@H](O)[C@@H](C)[C@H](OC(C)=O)[C@@H]1C. The van der Waals surface area contributed by atoms with Crippen molar-refractivity contribution in [2.45, 2.75) is 85.6 Å². The van der Waals surface area contributed by atoms with Crippen molar-refractivity contribution in [2.75, 3.05) is 51.6 Å². The van der Waals surface area contributed by atoms with Crippen LogP contribution in [0.1, 0.15) is 54.0 Å². The third-order valence-electron chi connectivity index (χ3n) is 12.7. The van der Waals surface area contributed by atoms with Crippen LogP contribution in [-0.4, -0.2) is 114 Å². The molecule has 2 aliphatic rings. The van der Waals surface area contributed by atoms with Crippen LogP contribution in [0.4, 0.5) is 11.4 Å². The third-order valence-corrected chi connectivity index (χ3v) is 12.7. The summed E-state index contributed by atoms with van der Waals surface area (Å²) in [6.45, 7) is 13.8. The molecule has 0 saturated carbocycles. The number of fused-ring (bicyclic) bond motifs is 2. The normalized spacial score (nSPS) is 28.5. The van der Waals surface area contributed by atoms with E-state index in [1.807, 2.05) is 30.9 Å². The van der Waals surface area contributed by atoms with Crippen molar-refractivity contribution < 1.29 is 53.4 Å². The number of esters is 1. The van der Waals surface area contributed by atoms with Crippen molar-refractivity contribution in [3.63, 3.8) is 0 Å². The average molecular weight is 901 g/mol. The molecule has 4 aromatic rings. The van der Waals surface area contributed by atoms with Gasteiger partial charge in [-0.1, -0.05) is 45.9 Å². The van der Waals surface area contributed by atoms with Gasteiger partial charge in [-0.2, -0.15) is 0 Å². The molecule has 65 heavy (non-hydrogen) atoms. The Kier molecular flexibility index (Phi) is 14.0. The van der Waals surface area contributed by atoms with E-state index in [1.165, 1.54) is 59.3 Å². The van der Waals surface area contributed by atoms with Gasteiger partial charge >= 0.3 is 11.8 Å². The predicted octanol–water partition coefficient (Wildman–Crippen LogP) is 4.56. The molecule has 3 aromatic carbocycles. The number of phenols is 1. The number of aliphatic hydroxyl groups excluding tert-OH is 3. The molecule has 0 unspecified atom stereocenters. The van der Waals surface area contributed by atoms with E-state index in [2.05, 4.69) is 5.32 Å². The average Bonchev–Trinajstić information content (AvgIpc) is 3.52. The van der Waals surface area contributed by atoms with E-state index in [1.54, 1.807) is 45.9 Å². The van der Waals surface area contributed by atoms with Gasteiger partial charge in [-0.3, -0.25) is 19.2 Å². The number of nitrogens with zero attached hydrogens (tertiary/aromatic N) is 3. The van der Waals surface area contributed by atoms with Crippen LogP contribution in [0.15, 0.2) is 62.3 Å². The number of carbonyl (C=O) groups is 2. The lowest BCUT2D eigenvalue weighted by molar-refractivity contribution is -0.160. The second kappa shape index (κ2) is 18.8. The molecule has 0 fully saturated rings. The number of nitrogens with one attached hydrogen (secondary N) is 1. The Hall–Kier alpha value is -6.01. The van der Waals surface area contributed by atoms with Crippen molar-refractivity contribution in [3.8, 4) is 11.5 Å². The fourth-order valence-electron chi connectivity index (χ4n) is 8.58. The number of rotatable bonds is 6. The molecule has 0 radical (unpaired) electrons. The number of phenolic OH excluding ortho intramolecular Hbond substituents is 1. The van der Waals surface area contributed by atoms with Gasteiger partial charge in [0, 0.05) is 99.1 Å². The highest BCUT2D eigenvalue weighted by atomic mass is 16.7. The van der Waals surface area contributed by atoms with Crippen LogP contribution < -0.4 is 31.0 Å². The van der Waals surface area contributed by atoms with Crippen LogP contribution in [0.2, 0.25) is 0 Å². The van der Waals surface area contributed by atoms with Crippen LogP contribution in [0.25, 0.3) is 38.7 Å². The van der Waals surface area contributed by atoms with Gasteiger partial charge in [-0.15, -0.1) is 0 Å². The highest BCUT2D eigenvalue weighted by Gasteiger charge is 2.44. The lowest BCUT2D eigenvalue weighted by Gasteiger charge is -2.38. The number of amides is 1. The Bertz CT molecular complexity index is 2800. The maximum Gasteiger partial charge on any atom is 0.307 e. The highest BCUT2D eigenvalue weighted by molar-refractivity contribution is 6.16. The molecule has 0 aliphatic carbocycles. The molecule has 5 N–H and O–H groups in total. The second-order valence-corrected chi connectivity index (χ2v) is 17.8. The quantitative estimate of drug-likeness (QED) is 0.101. The molecular formula is C48H60N4O13. The van der Waals surface area contributed by atoms with Gasteiger partial charge in [0.05, 0.1) is 35.2 Å². The summed E-state index contributed by atoms with van der Waals surface area (Å²) in [6, 6.07) is 3.01. The molecule has 2 aliphatic heterocycles. The van der Waals surface area contributed by atoms with Gasteiger partial charge in [0.25, 0.3) is 5.91 Å². The van der Waals surface area contributed by atoms with Crippen LogP contribution in [-0.2, 0) is 23.8 Å². The zero-order valence-electron chi connectivity index (χ0n) is 38.9. The Labute approximate surface area is 376 Å². The first-order chi connectivity index (χ1) is 30.5. The summed E-state index contributed by atoms with van der Waals surface area (Å²) >= 11 is 0. The van der Waals surface area contributed by atoms with Crippen LogP contribution in [0.5, 0.6) is 11.5 Å². The summed E-state index contributed by atoms with van der Waals surface area (Å²) < 4.78 is 30.4. The molecule has 17 heteroatoms. The molecule has 1 amide bonds. The summed E-state index contributed by atoms with van der Waals surface area (Å²) in [5.41, 5.74) is -1.61. The van der Waals surface area contributed by atoms with Gasteiger partial charge in [0.15, 0.2) is 22.4 Å². The van der Waals surface area contributed by atoms with Gasteiger partial charge in [-0.05, 0) is 34.0 Å². The minimum atomic E-state index is -1.98. The number of aliphatic hydroxyl groups is 3. The molecular weight excluding hydrogens is 841 g/mol. The molecule has 3 heterocycles. The van der Waals surface area contributed by atoms with Gasteiger partial charge < -0.3 is 58.9 Å². The summed E-state index contributed by atoms with van der Waals surface area (Å²) in [5, 5.41) is 49.1. The van der Waals surface area contributed by atoms with E-state index in [0.29, 0.717) is 18.8 Å².